The van der Waals surface area contributed by atoms with Gasteiger partial charge in [0.2, 0.25) is 5.91 Å². The Morgan fingerprint density at radius 1 is 0.842 bits per heavy atom. The highest BCUT2D eigenvalue weighted by molar-refractivity contribution is 6.12. The van der Waals surface area contributed by atoms with Crippen molar-refractivity contribution in [2.75, 3.05) is 24.4 Å². The van der Waals surface area contributed by atoms with Crippen LogP contribution in [0, 0.1) is 11.6 Å². The zero-order valence-electron chi connectivity index (χ0n) is 20.7. The number of hydrogen-bond donors (Lipinski definition) is 1. The van der Waals surface area contributed by atoms with E-state index in [9.17, 15) is 18.4 Å². The molecule has 0 radical (unpaired) electrons. The molecule has 0 bridgehead atoms. The number of nitrogens with one attached hydrogen (secondary N) is 1. The summed E-state index contributed by atoms with van der Waals surface area (Å²) in [6, 6.07) is 23.1. The number of hydrogen-bond acceptors (Lipinski definition) is 4. The number of benzene rings is 4. The van der Waals surface area contributed by atoms with E-state index in [1.165, 1.54) is 6.07 Å². The molecule has 4 aromatic carbocycles. The number of amides is 2. The van der Waals surface area contributed by atoms with Crippen molar-refractivity contribution in [2.45, 2.75) is 12.0 Å². The Balaban J connectivity index is 1.68. The van der Waals surface area contributed by atoms with Gasteiger partial charge in [0.15, 0.2) is 0 Å². The Kier molecular flexibility index (Phi) is 6.79. The predicted octanol–water partition coefficient (Wildman–Crippen LogP) is 6.11. The molecule has 8 heteroatoms. The molecule has 0 fully saturated rings. The average molecular weight is 515 g/mol. The van der Waals surface area contributed by atoms with Crippen LogP contribution >= 0.6 is 0 Å². The minimum Gasteiger partial charge on any atom is -0.497 e. The third kappa shape index (κ3) is 4.56. The van der Waals surface area contributed by atoms with Crippen LogP contribution in [-0.4, -0.2) is 26.0 Å². The van der Waals surface area contributed by atoms with Crippen LogP contribution in [0.2, 0.25) is 0 Å². The number of rotatable bonds is 6. The molecule has 5 rings (SSSR count). The Bertz CT molecular complexity index is 1490. The number of halogens is 2. The van der Waals surface area contributed by atoms with Gasteiger partial charge in [-0.1, -0.05) is 30.3 Å². The van der Waals surface area contributed by atoms with Crippen molar-refractivity contribution in [3.63, 3.8) is 0 Å². The minimum absolute atomic E-state index is 0.157. The van der Waals surface area contributed by atoms with Crippen molar-refractivity contribution in [1.29, 1.82) is 0 Å². The molecule has 1 aliphatic heterocycles. The summed E-state index contributed by atoms with van der Waals surface area (Å²) < 4.78 is 38.6. The molecule has 0 aliphatic carbocycles. The van der Waals surface area contributed by atoms with E-state index in [0.29, 0.717) is 39.9 Å². The second kappa shape index (κ2) is 10.3. The van der Waals surface area contributed by atoms with Crippen molar-refractivity contribution < 1.29 is 27.8 Å². The van der Waals surface area contributed by atoms with E-state index in [2.05, 4.69) is 5.32 Å². The van der Waals surface area contributed by atoms with Crippen LogP contribution in [0.5, 0.6) is 11.5 Å². The summed E-state index contributed by atoms with van der Waals surface area (Å²) >= 11 is 0. The van der Waals surface area contributed by atoms with Gasteiger partial charge in [-0.2, -0.15) is 0 Å². The monoisotopic (exact) mass is 514 g/mol. The molecular formula is C30H24F2N2O4. The molecule has 2 amide bonds. The zero-order valence-corrected chi connectivity index (χ0v) is 20.7. The molecule has 4 aromatic rings. The number of methoxy groups -OCH3 is 2. The van der Waals surface area contributed by atoms with Crippen molar-refractivity contribution in [1.82, 2.24) is 0 Å². The first-order valence-corrected chi connectivity index (χ1v) is 11.9. The summed E-state index contributed by atoms with van der Waals surface area (Å²) in [5, 5.41) is 2.61. The molecule has 0 spiro atoms. The fourth-order valence-electron chi connectivity index (χ4n) is 4.79. The van der Waals surface area contributed by atoms with E-state index < -0.39 is 29.5 Å². The minimum atomic E-state index is -0.927. The highest BCUT2D eigenvalue weighted by Gasteiger charge is 2.45. The largest absolute Gasteiger partial charge is 0.497 e. The summed E-state index contributed by atoms with van der Waals surface area (Å²) in [6.45, 7) is 0. The van der Waals surface area contributed by atoms with Gasteiger partial charge in [-0.25, -0.2) is 8.78 Å². The molecule has 0 aromatic heterocycles. The van der Waals surface area contributed by atoms with E-state index in [0.717, 1.165) is 6.07 Å². The molecule has 0 saturated carbocycles. The van der Waals surface area contributed by atoms with Crippen LogP contribution in [0.15, 0.2) is 91.0 Å². The third-order valence-electron chi connectivity index (χ3n) is 6.62. The number of carbonyl (C=O) groups excluding carboxylic acids is 2. The van der Waals surface area contributed by atoms with E-state index in [1.807, 2.05) is 0 Å². The van der Waals surface area contributed by atoms with Gasteiger partial charge in [0.05, 0.1) is 31.9 Å². The highest BCUT2D eigenvalue weighted by Crippen LogP contribution is 2.46. The van der Waals surface area contributed by atoms with Crippen molar-refractivity contribution in [3.05, 3.63) is 119 Å². The van der Waals surface area contributed by atoms with E-state index >= 15 is 0 Å². The van der Waals surface area contributed by atoms with Crippen LogP contribution in [0.1, 0.15) is 33.4 Å². The van der Waals surface area contributed by atoms with Crippen LogP contribution < -0.4 is 19.7 Å². The Hall–Kier alpha value is -4.72. The summed E-state index contributed by atoms with van der Waals surface area (Å²) in [5.41, 5.74) is 1.92. The maximum Gasteiger partial charge on any atom is 0.259 e. The molecule has 38 heavy (non-hydrogen) atoms. The average Bonchev–Trinajstić information content (AvgIpc) is 2.94. The normalized spacial score (nSPS) is 16.5. The molecule has 192 valence electrons. The number of ether oxygens (including phenoxy) is 2. The van der Waals surface area contributed by atoms with Gasteiger partial charge >= 0.3 is 0 Å². The van der Waals surface area contributed by atoms with Gasteiger partial charge < -0.3 is 14.8 Å². The molecule has 1 heterocycles. The second-order valence-electron chi connectivity index (χ2n) is 8.77. The molecule has 2 atom stereocenters. The lowest BCUT2D eigenvalue weighted by Crippen LogP contribution is -2.46. The van der Waals surface area contributed by atoms with Crippen molar-refractivity contribution >= 4 is 23.2 Å². The van der Waals surface area contributed by atoms with Gasteiger partial charge in [-0.3, -0.25) is 14.5 Å². The van der Waals surface area contributed by atoms with Gasteiger partial charge in [0.25, 0.3) is 5.91 Å². The number of anilines is 2. The number of carbonyl (C=O) groups is 2. The highest BCUT2D eigenvalue weighted by atomic mass is 19.1. The summed E-state index contributed by atoms with van der Waals surface area (Å²) in [6.07, 6.45) is 0. The van der Waals surface area contributed by atoms with Crippen molar-refractivity contribution in [2.24, 2.45) is 0 Å². The SMILES string of the molecule is COc1ccc([C@H]2[C@H](C(=O)Nc3ccc(F)cc3F)c3ccccc3C(=O)N2c2ccc(OC)cc2)cc1. The molecule has 1 N–H and O–H groups in total. The quantitative estimate of drug-likeness (QED) is 0.337. The van der Waals surface area contributed by atoms with Crippen LogP contribution in [0.3, 0.4) is 0 Å². The topological polar surface area (TPSA) is 67.9 Å². The smallest absolute Gasteiger partial charge is 0.259 e. The molecule has 0 saturated heterocycles. The lowest BCUT2D eigenvalue weighted by atomic mass is 9.78. The van der Waals surface area contributed by atoms with E-state index in [4.69, 9.17) is 9.47 Å². The van der Waals surface area contributed by atoms with Gasteiger partial charge in [-0.15, -0.1) is 0 Å². The van der Waals surface area contributed by atoms with Crippen LogP contribution in [-0.2, 0) is 4.79 Å². The first-order valence-electron chi connectivity index (χ1n) is 11.9. The standard InChI is InChI=1S/C30H24F2N2O4/c1-37-21-12-7-18(8-13-21)28-27(29(35)33-26-16-9-19(31)17-25(26)32)23-5-3-4-6-24(23)30(36)34(28)20-10-14-22(38-2)15-11-20/h3-17,27-28H,1-2H3,(H,33,35)/t27-,28+/m1/s1. The predicted molar refractivity (Wildman–Crippen MR) is 140 cm³/mol. The van der Waals surface area contributed by atoms with Crippen LogP contribution in [0.4, 0.5) is 20.2 Å². The maximum absolute atomic E-state index is 14.5. The Morgan fingerprint density at radius 3 is 2.11 bits per heavy atom. The summed E-state index contributed by atoms with van der Waals surface area (Å²) in [7, 11) is 3.10. The summed E-state index contributed by atoms with van der Waals surface area (Å²) in [4.78, 5) is 29.4. The molecular weight excluding hydrogens is 490 g/mol. The second-order valence-corrected chi connectivity index (χ2v) is 8.77. The third-order valence-corrected chi connectivity index (χ3v) is 6.62. The molecule has 1 aliphatic rings. The summed E-state index contributed by atoms with van der Waals surface area (Å²) in [5.74, 6) is -2.19. The van der Waals surface area contributed by atoms with Gasteiger partial charge in [-0.05, 0) is 65.7 Å². The lowest BCUT2D eigenvalue weighted by molar-refractivity contribution is -0.118. The number of nitrogens with zero attached hydrogens (tertiary/aromatic N) is 1. The first-order chi connectivity index (χ1) is 18.4. The van der Waals surface area contributed by atoms with E-state index in [-0.39, 0.29) is 11.6 Å². The lowest BCUT2D eigenvalue weighted by Gasteiger charge is -2.42. The van der Waals surface area contributed by atoms with Gasteiger partial charge in [0.1, 0.15) is 23.1 Å². The van der Waals surface area contributed by atoms with Crippen LogP contribution in [0.25, 0.3) is 0 Å². The fraction of sp³-hybridized carbons (Fsp3) is 0.133. The maximum atomic E-state index is 14.5. The zero-order chi connectivity index (χ0) is 26.8. The fourth-order valence-corrected chi connectivity index (χ4v) is 4.79. The molecule has 6 nitrogen and oxygen atoms in total. The Morgan fingerprint density at radius 2 is 1.47 bits per heavy atom. The molecule has 0 unspecified atom stereocenters. The number of fused-ring (bicyclic) bond motifs is 1. The Labute approximate surface area is 218 Å². The van der Waals surface area contributed by atoms with Gasteiger partial charge in [0, 0.05) is 17.3 Å². The van der Waals surface area contributed by atoms with E-state index in [1.54, 1.807) is 91.9 Å². The van der Waals surface area contributed by atoms with Crippen molar-refractivity contribution in [3.8, 4) is 11.5 Å². The first kappa shape index (κ1) is 25.0.